The monoisotopic (exact) mass is 310 g/mol. The van der Waals surface area contributed by atoms with Crippen molar-refractivity contribution in [2.75, 3.05) is 0 Å². The SMILES string of the molecule is C=CO.CC.Cc1ccc(CC2Cc3ccccc3C2=O)cc1. The first kappa shape index (κ1) is 18.7. The first-order chi connectivity index (χ1) is 11.2. The molecule has 1 aliphatic carbocycles. The molecule has 2 heteroatoms. The number of benzene rings is 2. The van der Waals surface area contributed by atoms with Crippen LogP contribution in [0.5, 0.6) is 0 Å². The minimum absolute atomic E-state index is 0.130. The molecular formula is C21H26O2. The fourth-order valence-corrected chi connectivity index (χ4v) is 2.69. The largest absolute Gasteiger partial charge is 0.516 e. The van der Waals surface area contributed by atoms with E-state index in [0.717, 1.165) is 24.7 Å². The zero-order valence-corrected chi connectivity index (χ0v) is 14.3. The number of aryl methyl sites for hydroxylation is 1. The van der Waals surface area contributed by atoms with Crippen LogP contribution in [-0.2, 0) is 12.8 Å². The number of aliphatic hydroxyl groups is 1. The maximum absolute atomic E-state index is 12.3. The smallest absolute Gasteiger partial charge is 0.166 e. The van der Waals surface area contributed by atoms with Crippen molar-refractivity contribution >= 4 is 5.78 Å². The van der Waals surface area contributed by atoms with Crippen LogP contribution in [0.15, 0.2) is 61.4 Å². The summed E-state index contributed by atoms with van der Waals surface area (Å²) < 4.78 is 0. The molecule has 1 unspecified atom stereocenters. The summed E-state index contributed by atoms with van der Waals surface area (Å²) in [6.07, 6.45) is 2.50. The van der Waals surface area contributed by atoms with Gasteiger partial charge < -0.3 is 5.11 Å². The Balaban J connectivity index is 0.000000477. The highest BCUT2D eigenvalue weighted by atomic mass is 16.2. The molecule has 2 nitrogen and oxygen atoms in total. The Morgan fingerprint density at radius 1 is 1.13 bits per heavy atom. The number of carbonyl (C=O) groups is 1. The number of rotatable bonds is 2. The molecule has 0 bridgehead atoms. The van der Waals surface area contributed by atoms with Crippen LogP contribution in [0.2, 0.25) is 0 Å². The van der Waals surface area contributed by atoms with Crippen LogP contribution in [0.1, 0.15) is 40.9 Å². The lowest BCUT2D eigenvalue weighted by atomic mass is 9.95. The molecule has 122 valence electrons. The highest BCUT2D eigenvalue weighted by Crippen LogP contribution is 2.28. The van der Waals surface area contributed by atoms with Gasteiger partial charge in [0.25, 0.3) is 0 Å². The average molecular weight is 310 g/mol. The summed E-state index contributed by atoms with van der Waals surface area (Å²) in [5, 5.41) is 7.33. The fraction of sp³-hybridized carbons (Fsp3) is 0.286. The second kappa shape index (κ2) is 9.62. The molecule has 0 heterocycles. The maximum Gasteiger partial charge on any atom is 0.166 e. The number of Topliss-reactive ketones (excluding diaryl/α,β-unsaturated/α-hetero) is 1. The van der Waals surface area contributed by atoms with Crippen molar-refractivity contribution in [3.63, 3.8) is 0 Å². The third-order valence-electron chi connectivity index (χ3n) is 3.72. The predicted octanol–water partition coefficient (Wildman–Crippen LogP) is 5.31. The molecule has 0 saturated heterocycles. The van der Waals surface area contributed by atoms with Crippen LogP contribution in [0.4, 0.5) is 0 Å². The molecule has 0 aromatic heterocycles. The van der Waals surface area contributed by atoms with Gasteiger partial charge in [-0.2, -0.15) is 0 Å². The number of ketones is 1. The Bertz CT molecular complexity index is 627. The van der Waals surface area contributed by atoms with E-state index in [-0.39, 0.29) is 5.92 Å². The number of aliphatic hydroxyl groups excluding tert-OH is 1. The molecule has 0 spiro atoms. The Kier molecular flexibility index (Phi) is 7.82. The summed E-state index contributed by atoms with van der Waals surface area (Å²) in [4.78, 5) is 12.3. The molecule has 1 aliphatic rings. The van der Waals surface area contributed by atoms with E-state index >= 15 is 0 Å². The molecular weight excluding hydrogens is 284 g/mol. The number of hydrogen-bond donors (Lipinski definition) is 1. The molecule has 23 heavy (non-hydrogen) atoms. The van der Waals surface area contributed by atoms with Crippen LogP contribution in [0.3, 0.4) is 0 Å². The van der Waals surface area contributed by atoms with Gasteiger partial charge in [-0.05, 0) is 30.9 Å². The van der Waals surface area contributed by atoms with E-state index < -0.39 is 0 Å². The van der Waals surface area contributed by atoms with Gasteiger partial charge >= 0.3 is 0 Å². The standard InChI is InChI=1S/C17H16O.C2H4O.C2H6/c1-12-6-8-13(9-7-12)10-15-11-14-4-2-3-5-16(14)17(15)18;1-2-3;1-2/h2-9,15H,10-11H2,1H3;2-3H,1H2;1-2H3. The lowest BCUT2D eigenvalue weighted by Gasteiger charge is -2.08. The number of fused-ring (bicyclic) bond motifs is 1. The van der Waals surface area contributed by atoms with Crippen LogP contribution < -0.4 is 0 Å². The molecule has 0 fully saturated rings. The van der Waals surface area contributed by atoms with Gasteiger partial charge in [0.2, 0.25) is 0 Å². The molecule has 0 radical (unpaired) electrons. The molecule has 2 aromatic carbocycles. The van der Waals surface area contributed by atoms with E-state index in [2.05, 4.69) is 43.8 Å². The average Bonchev–Trinajstić information content (AvgIpc) is 2.89. The van der Waals surface area contributed by atoms with Crippen LogP contribution in [0.25, 0.3) is 0 Å². The van der Waals surface area contributed by atoms with E-state index in [1.807, 2.05) is 32.0 Å². The summed E-state index contributed by atoms with van der Waals surface area (Å²) in [5.41, 5.74) is 4.65. The number of hydrogen-bond acceptors (Lipinski definition) is 2. The van der Waals surface area contributed by atoms with Crippen LogP contribution >= 0.6 is 0 Å². The molecule has 1 N–H and O–H groups in total. The summed E-state index contributed by atoms with van der Waals surface area (Å²) >= 11 is 0. The van der Waals surface area contributed by atoms with E-state index in [1.165, 1.54) is 16.7 Å². The Morgan fingerprint density at radius 2 is 1.70 bits per heavy atom. The zero-order valence-electron chi connectivity index (χ0n) is 14.3. The predicted molar refractivity (Wildman–Crippen MR) is 97.0 cm³/mol. The Morgan fingerprint density at radius 3 is 2.26 bits per heavy atom. The van der Waals surface area contributed by atoms with Gasteiger partial charge in [0.05, 0.1) is 6.26 Å². The van der Waals surface area contributed by atoms with E-state index in [4.69, 9.17) is 5.11 Å². The van der Waals surface area contributed by atoms with Crippen molar-refractivity contribution in [1.82, 2.24) is 0 Å². The van der Waals surface area contributed by atoms with Crippen molar-refractivity contribution in [1.29, 1.82) is 0 Å². The molecule has 0 amide bonds. The normalized spacial score (nSPS) is 14.7. The van der Waals surface area contributed by atoms with Gasteiger partial charge in [-0.15, -0.1) is 0 Å². The van der Waals surface area contributed by atoms with Gasteiger partial charge in [-0.1, -0.05) is 74.5 Å². The van der Waals surface area contributed by atoms with E-state index in [0.29, 0.717) is 5.78 Å². The quantitative estimate of drug-likeness (QED) is 0.763. The van der Waals surface area contributed by atoms with E-state index in [1.54, 1.807) is 0 Å². The zero-order chi connectivity index (χ0) is 17.2. The maximum atomic E-state index is 12.3. The van der Waals surface area contributed by atoms with Crippen molar-refractivity contribution in [3.8, 4) is 0 Å². The lowest BCUT2D eigenvalue weighted by Crippen LogP contribution is -2.12. The van der Waals surface area contributed by atoms with Gasteiger partial charge in [0.15, 0.2) is 5.78 Å². The minimum Gasteiger partial charge on any atom is -0.516 e. The highest BCUT2D eigenvalue weighted by molar-refractivity contribution is 6.02. The second-order valence-electron chi connectivity index (χ2n) is 5.29. The molecule has 0 aliphatic heterocycles. The fourth-order valence-electron chi connectivity index (χ4n) is 2.69. The second-order valence-corrected chi connectivity index (χ2v) is 5.29. The Labute approximate surface area is 139 Å². The van der Waals surface area contributed by atoms with Gasteiger partial charge in [-0.25, -0.2) is 0 Å². The lowest BCUT2D eigenvalue weighted by molar-refractivity contribution is 0.0936. The van der Waals surface area contributed by atoms with Gasteiger partial charge in [0.1, 0.15) is 0 Å². The van der Waals surface area contributed by atoms with Crippen LogP contribution in [0, 0.1) is 12.8 Å². The van der Waals surface area contributed by atoms with Crippen molar-refractivity contribution in [2.24, 2.45) is 5.92 Å². The van der Waals surface area contributed by atoms with Crippen molar-refractivity contribution in [3.05, 3.63) is 83.6 Å². The van der Waals surface area contributed by atoms with Crippen LogP contribution in [-0.4, -0.2) is 10.9 Å². The highest BCUT2D eigenvalue weighted by Gasteiger charge is 2.29. The molecule has 0 saturated carbocycles. The Hall–Kier alpha value is -2.35. The minimum atomic E-state index is 0.130. The first-order valence-electron chi connectivity index (χ1n) is 8.08. The summed E-state index contributed by atoms with van der Waals surface area (Å²) in [5.74, 6) is 0.441. The summed E-state index contributed by atoms with van der Waals surface area (Å²) in [6.45, 7) is 9.00. The first-order valence-corrected chi connectivity index (χ1v) is 8.08. The van der Waals surface area contributed by atoms with Crippen molar-refractivity contribution < 1.29 is 9.90 Å². The summed E-state index contributed by atoms with van der Waals surface area (Å²) in [6, 6.07) is 16.5. The molecule has 1 atom stereocenters. The topological polar surface area (TPSA) is 37.3 Å². The molecule has 3 rings (SSSR count). The summed E-state index contributed by atoms with van der Waals surface area (Å²) in [7, 11) is 0. The third kappa shape index (κ3) is 5.10. The van der Waals surface area contributed by atoms with Gasteiger partial charge in [-0.3, -0.25) is 4.79 Å². The third-order valence-corrected chi connectivity index (χ3v) is 3.72. The van der Waals surface area contributed by atoms with E-state index in [9.17, 15) is 4.79 Å². The number of carbonyl (C=O) groups excluding carboxylic acids is 1. The van der Waals surface area contributed by atoms with Crippen molar-refractivity contribution in [2.45, 2.75) is 33.6 Å². The molecule has 2 aromatic rings. The van der Waals surface area contributed by atoms with Gasteiger partial charge in [0, 0.05) is 11.5 Å².